The number of carboxylic acids is 1. The van der Waals surface area contributed by atoms with Crippen LogP contribution in [0.4, 0.5) is 0 Å². The first-order valence-electron chi connectivity index (χ1n) is 19.9. The van der Waals surface area contributed by atoms with Crippen LogP contribution in [0.25, 0.3) is 0 Å². The summed E-state index contributed by atoms with van der Waals surface area (Å²) < 4.78 is 16.9. The van der Waals surface area contributed by atoms with Crippen LogP contribution in [0, 0.1) is 0 Å². The van der Waals surface area contributed by atoms with Crippen LogP contribution in [0.1, 0.15) is 110 Å². The number of nitrogens with zero attached hydrogens (tertiary/aromatic N) is 1. The SMILES string of the molecule is CC/C=C/C/C=C/C/C=C/C/C=C/C/C=C/C/C=C/CCCCC(=O)OCC(COCCC(C(=O)[O-])[N+](C)(C)C)OC(=O)C/C=C/C/C=C/C/C=C/CC. The molecule has 0 aromatic rings. The molecule has 8 nitrogen and oxygen atoms in total. The first-order valence-corrected chi connectivity index (χ1v) is 19.9. The van der Waals surface area contributed by atoms with Gasteiger partial charge in [-0.05, 0) is 77.0 Å². The van der Waals surface area contributed by atoms with Crippen LogP contribution >= 0.6 is 0 Å². The number of carbonyl (C=O) groups is 3. The number of carboxylic acid groups (broad SMARTS) is 1. The third kappa shape index (κ3) is 33.8. The molecular formula is C46H71NO7. The molecule has 2 unspecified atom stereocenters. The molecule has 0 saturated carbocycles. The lowest BCUT2D eigenvalue weighted by atomic mass is 10.1. The number of likely N-dealkylation sites (N-methyl/N-ethyl adjacent to an activating group) is 1. The lowest BCUT2D eigenvalue weighted by Gasteiger charge is -2.34. The average Bonchev–Trinajstić information content (AvgIpc) is 3.12. The molecule has 0 aliphatic carbocycles. The van der Waals surface area contributed by atoms with E-state index in [4.69, 9.17) is 14.2 Å². The van der Waals surface area contributed by atoms with Gasteiger partial charge in [-0.15, -0.1) is 0 Å². The highest BCUT2D eigenvalue weighted by Gasteiger charge is 2.25. The van der Waals surface area contributed by atoms with Gasteiger partial charge in [-0.25, -0.2) is 0 Å². The maximum Gasteiger partial charge on any atom is 0.310 e. The molecule has 2 atom stereocenters. The molecule has 0 aliphatic heterocycles. The van der Waals surface area contributed by atoms with Crippen LogP contribution in [0.3, 0.4) is 0 Å². The number of hydrogen-bond acceptors (Lipinski definition) is 7. The molecular weight excluding hydrogens is 679 g/mol. The highest BCUT2D eigenvalue weighted by Crippen LogP contribution is 2.09. The summed E-state index contributed by atoms with van der Waals surface area (Å²) in [5, 5.41) is 11.6. The largest absolute Gasteiger partial charge is 0.544 e. The molecule has 0 fully saturated rings. The first-order chi connectivity index (χ1) is 26.1. The molecule has 0 aromatic heterocycles. The van der Waals surface area contributed by atoms with Gasteiger partial charge in [0.05, 0.1) is 46.7 Å². The number of unbranched alkanes of at least 4 members (excludes halogenated alkanes) is 2. The molecule has 302 valence electrons. The Kier molecular flexibility index (Phi) is 33.3. The van der Waals surface area contributed by atoms with Gasteiger partial charge in [-0.2, -0.15) is 0 Å². The van der Waals surface area contributed by atoms with E-state index in [0.29, 0.717) is 12.8 Å². The number of carbonyl (C=O) groups excluding carboxylic acids is 3. The van der Waals surface area contributed by atoms with Crippen LogP contribution in [0.15, 0.2) is 109 Å². The molecule has 0 spiro atoms. The fourth-order valence-electron chi connectivity index (χ4n) is 4.90. The summed E-state index contributed by atoms with van der Waals surface area (Å²) in [6.07, 6.45) is 48.8. The fraction of sp³-hybridized carbons (Fsp3) is 0.543. The van der Waals surface area contributed by atoms with Crippen molar-refractivity contribution in [1.29, 1.82) is 0 Å². The van der Waals surface area contributed by atoms with Crippen LogP contribution in [0.2, 0.25) is 0 Å². The second-order valence-electron chi connectivity index (χ2n) is 13.8. The Bertz CT molecular complexity index is 1240. The predicted molar refractivity (Wildman–Crippen MR) is 221 cm³/mol. The van der Waals surface area contributed by atoms with Gasteiger partial charge in [-0.3, -0.25) is 9.59 Å². The summed E-state index contributed by atoms with van der Waals surface area (Å²) in [7, 11) is 5.34. The number of ether oxygens (including phenoxy) is 3. The normalized spacial score (nSPS) is 14.2. The van der Waals surface area contributed by atoms with Crippen molar-refractivity contribution in [3.8, 4) is 0 Å². The van der Waals surface area contributed by atoms with Gasteiger partial charge >= 0.3 is 11.9 Å². The maximum atomic E-state index is 12.5. The third-order valence-corrected chi connectivity index (χ3v) is 7.94. The highest BCUT2D eigenvalue weighted by atomic mass is 16.6. The van der Waals surface area contributed by atoms with Crippen molar-refractivity contribution in [3.63, 3.8) is 0 Å². The van der Waals surface area contributed by atoms with E-state index in [0.717, 1.165) is 64.2 Å². The van der Waals surface area contributed by atoms with Crippen molar-refractivity contribution >= 4 is 17.9 Å². The molecule has 0 bridgehead atoms. The summed E-state index contributed by atoms with van der Waals surface area (Å²) in [6.45, 7) is 4.22. The van der Waals surface area contributed by atoms with E-state index in [2.05, 4.69) is 105 Å². The summed E-state index contributed by atoms with van der Waals surface area (Å²) in [4.78, 5) is 36.6. The first kappa shape index (κ1) is 50.0. The maximum absolute atomic E-state index is 12.5. The lowest BCUT2D eigenvalue weighted by molar-refractivity contribution is -0.889. The molecule has 0 heterocycles. The molecule has 0 rings (SSSR count). The Labute approximate surface area is 328 Å². The number of esters is 2. The molecule has 0 amide bonds. The van der Waals surface area contributed by atoms with Gasteiger partial charge in [0.2, 0.25) is 0 Å². The zero-order valence-electron chi connectivity index (χ0n) is 34.1. The second-order valence-corrected chi connectivity index (χ2v) is 13.8. The zero-order chi connectivity index (χ0) is 40.0. The zero-order valence-corrected chi connectivity index (χ0v) is 34.1. The van der Waals surface area contributed by atoms with E-state index in [1.807, 2.05) is 12.2 Å². The Hall–Kier alpha value is -4.01. The van der Waals surface area contributed by atoms with Gasteiger partial charge in [-0.1, -0.05) is 123 Å². The molecule has 0 aromatic carbocycles. The third-order valence-electron chi connectivity index (χ3n) is 7.94. The molecule has 0 aliphatic rings. The second kappa shape index (κ2) is 36.0. The van der Waals surface area contributed by atoms with Crippen molar-refractivity contribution in [2.24, 2.45) is 0 Å². The molecule has 54 heavy (non-hydrogen) atoms. The minimum atomic E-state index is -1.15. The number of rotatable bonds is 33. The minimum Gasteiger partial charge on any atom is -0.544 e. The number of aliphatic carboxylic acids is 1. The Morgan fingerprint density at radius 2 is 1.02 bits per heavy atom. The van der Waals surface area contributed by atoms with E-state index >= 15 is 0 Å². The molecule has 8 heteroatoms. The molecule has 0 saturated heterocycles. The van der Waals surface area contributed by atoms with E-state index < -0.39 is 24.1 Å². The van der Waals surface area contributed by atoms with Gasteiger partial charge in [0, 0.05) is 12.8 Å². The fourth-order valence-corrected chi connectivity index (χ4v) is 4.90. The van der Waals surface area contributed by atoms with E-state index in [-0.39, 0.29) is 49.5 Å². The predicted octanol–water partition coefficient (Wildman–Crippen LogP) is 9.18. The summed E-state index contributed by atoms with van der Waals surface area (Å²) in [6, 6.07) is -0.751. The van der Waals surface area contributed by atoms with Crippen molar-refractivity contribution < 1.29 is 38.2 Å². The number of quaternary nitrogens is 1. The number of hydrogen-bond donors (Lipinski definition) is 0. The standard InChI is InChI=1S/C46H71NO7/c1-6-8-10-12-14-16-17-18-19-20-21-22-23-24-25-26-27-29-30-32-34-36-44(48)53-41-42(40-52-39-38-43(46(50)51)47(3,4)5)54-45(49)37-35-33-31-28-15-13-11-9-7-2/h8-11,14-16,18-19,21-22,24-25,27-29,33,35,42-43H,6-7,12-13,17,20,23,26,30-32,34,36-41H2,1-5H3/b10-8+,11-9+,16-14+,19-18+,22-21+,25-24+,28-15+,29-27+,35-33+. The van der Waals surface area contributed by atoms with E-state index in [9.17, 15) is 19.5 Å². The van der Waals surface area contributed by atoms with E-state index in [1.54, 1.807) is 27.2 Å². The van der Waals surface area contributed by atoms with Crippen LogP contribution in [-0.2, 0) is 28.6 Å². The summed E-state index contributed by atoms with van der Waals surface area (Å²) in [5.41, 5.74) is 0. The van der Waals surface area contributed by atoms with Crippen LogP contribution in [0.5, 0.6) is 0 Å². The van der Waals surface area contributed by atoms with Crippen LogP contribution < -0.4 is 5.11 Å². The van der Waals surface area contributed by atoms with Crippen molar-refractivity contribution in [2.75, 3.05) is 41.0 Å². The number of allylic oxidation sites excluding steroid dienone is 17. The monoisotopic (exact) mass is 750 g/mol. The summed E-state index contributed by atoms with van der Waals surface area (Å²) >= 11 is 0. The van der Waals surface area contributed by atoms with E-state index in [1.165, 1.54) is 0 Å². The van der Waals surface area contributed by atoms with Gasteiger partial charge in [0.15, 0.2) is 6.10 Å². The minimum absolute atomic E-state index is 0.0175. The highest BCUT2D eigenvalue weighted by molar-refractivity contribution is 5.71. The van der Waals surface area contributed by atoms with Gasteiger partial charge < -0.3 is 28.6 Å². The lowest BCUT2D eigenvalue weighted by Crippen LogP contribution is -2.55. The summed E-state index contributed by atoms with van der Waals surface area (Å²) in [5.74, 6) is -1.97. The Morgan fingerprint density at radius 1 is 0.574 bits per heavy atom. The Morgan fingerprint density at radius 3 is 1.46 bits per heavy atom. The van der Waals surface area contributed by atoms with Gasteiger partial charge in [0.1, 0.15) is 12.6 Å². The Balaban J connectivity index is 4.48. The van der Waals surface area contributed by atoms with Crippen molar-refractivity contribution in [3.05, 3.63) is 109 Å². The van der Waals surface area contributed by atoms with Gasteiger partial charge in [0.25, 0.3) is 0 Å². The smallest absolute Gasteiger partial charge is 0.310 e. The quantitative estimate of drug-likeness (QED) is 0.0285. The average molecular weight is 750 g/mol. The topological polar surface area (TPSA) is 102 Å². The van der Waals surface area contributed by atoms with Crippen molar-refractivity contribution in [1.82, 2.24) is 0 Å². The molecule has 0 radical (unpaired) electrons. The van der Waals surface area contributed by atoms with Crippen LogP contribution in [-0.4, -0.2) is 75.5 Å². The van der Waals surface area contributed by atoms with Crippen molar-refractivity contribution in [2.45, 2.75) is 122 Å². The molecule has 0 N–H and O–H groups in total.